The van der Waals surface area contributed by atoms with Crippen molar-refractivity contribution in [2.24, 2.45) is 29.1 Å². The molecule has 0 aromatic heterocycles. The zero-order valence-corrected chi connectivity index (χ0v) is 12.3. The Morgan fingerprint density at radius 2 is 1.65 bits per heavy atom. The summed E-state index contributed by atoms with van der Waals surface area (Å²) < 4.78 is 0. The van der Waals surface area contributed by atoms with Gasteiger partial charge in [-0.15, -0.1) is 0 Å². The van der Waals surface area contributed by atoms with Crippen LogP contribution in [-0.2, 0) is 4.79 Å². The van der Waals surface area contributed by atoms with Gasteiger partial charge in [0.15, 0.2) is 0 Å². The Labute approximate surface area is 121 Å². The van der Waals surface area contributed by atoms with E-state index >= 15 is 0 Å². The van der Waals surface area contributed by atoms with Crippen LogP contribution in [-0.4, -0.2) is 36.5 Å². The van der Waals surface area contributed by atoms with Crippen LogP contribution in [0, 0.1) is 29.1 Å². The second-order valence-corrected chi connectivity index (χ2v) is 8.55. The third-order valence-electron chi connectivity index (χ3n) is 7.10. The summed E-state index contributed by atoms with van der Waals surface area (Å²) in [7, 11) is 0. The standard InChI is InChI=1S/C17H26N2O/c20-15-8-18-9-17(1-2-17)10-19(15)16-13-4-11-3-12(6-13)7-14(16)5-11/h11-14,16,18H,1-10H2. The van der Waals surface area contributed by atoms with Gasteiger partial charge in [-0.1, -0.05) is 0 Å². The molecule has 5 saturated carbocycles. The van der Waals surface area contributed by atoms with Crippen LogP contribution in [0.2, 0.25) is 0 Å². The molecule has 0 unspecified atom stereocenters. The van der Waals surface area contributed by atoms with Gasteiger partial charge >= 0.3 is 0 Å². The molecule has 6 fully saturated rings. The van der Waals surface area contributed by atoms with Crippen LogP contribution in [0.1, 0.15) is 44.9 Å². The summed E-state index contributed by atoms with van der Waals surface area (Å²) in [5.74, 6) is 4.08. The Morgan fingerprint density at radius 3 is 2.25 bits per heavy atom. The predicted octanol–water partition coefficient (Wildman–Crippen LogP) is 2.02. The van der Waals surface area contributed by atoms with Gasteiger partial charge in [0.05, 0.1) is 6.54 Å². The molecule has 0 atom stereocenters. The third kappa shape index (κ3) is 1.71. The van der Waals surface area contributed by atoms with E-state index in [1.54, 1.807) is 0 Å². The largest absolute Gasteiger partial charge is 0.337 e. The molecule has 4 bridgehead atoms. The molecular formula is C17H26N2O. The Morgan fingerprint density at radius 1 is 1.00 bits per heavy atom. The van der Waals surface area contributed by atoms with Crippen molar-refractivity contribution in [3.05, 3.63) is 0 Å². The van der Waals surface area contributed by atoms with Gasteiger partial charge in [-0.25, -0.2) is 0 Å². The van der Waals surface area contributed by atoms with Gasteiger partial charge in [0.1, 0.15) is 0 Å². The number of rotatable bonds is 1. The highest BCUT2D eigenvalue weighted by Gasteiger charge is 2.54. The monoisotopic (exact) mass is 274 g/mol. The van der Waals surface area contributed by atoms with Crippen LogP contribution in [0.25, 0.3) is 0 Å². The Bertz CT molecular complexity index is 414. The average molecular weight is 274 g/mol. The molecule has 0 radical (unpaired) electrons. The minimum absolute atomic E-state index is 0.395. The first-order valence-electron chi connectivity index (χ1n) is 8.73. The molecule has 3 heteroatoms. The first kappa shape index (κ1) is 12.0. The summed E-state index contributed by atoms with van der Waals surface area (Å²) in [4.78, 5) is 15.0. The quantitative estimate of drug-likeness (QED) is 0.793. The first-order chi connectivity index (χ1) is 9.72. The van der Waals surface area contributed by atoms with Crippen molar-refractivity contribution < 1.29 is 4.79 Å². The highest BCUT2D eigenvalue weighted by Crippen LogP contribution is 2.56. The normalized spacial score (nSPS) is 48.7. The molecule has 1 saturated heterocycles. The lowest BCUT2D eigenvalue weighted by Gasteiger charge is -2.57. The van der Waals surface area contributed by atoms with Crippen molar-refractivity contribution >= 4 is 5.91 Å². The van der Waals surface area contributed by atoms with Crippen molar-refractivity contribution in [2.75, 3.05) is 19.6 Å². The van der Waals surface area contributed by atoms with E-state index in [-0.39, 0.29) is 0 Å². The molecular weight excluding hydrogens is 248 g/mol. The van der Waals surface area contributed by atoms with Crippen LogP contribution in [0.4, 0.5) is 0 Å². The summed E-state index contributed by atoms with van der Waals surface area (Å²) in [6, 6.07) is 0.604. The van der Waals surface area contributed by atoms with Crippen LogP contribution in [0.15, 0.2) is 0 Å². The van der Waals surface area contributed by atoms with Gasteiger partial charge in [0.25, 0.3) is 0 Å². The van der Waals surface area contributed by atoms with Gasteiger partial charge in [0, 0.05) is 24.5 Å². The van der Waals surface area contributed by atoms with Gasteiger partial charge in [-0.2, -0.15) is 0 Å². The number of nitrogens with one attached hydrogen (secondary N) is 1. The summed E-state index contributed by atoms with van der Waals surface area (Å²) in [5.41, 5.74) is 0.459. The number of hydrogen-bond donors (Lipinski definition) is 1. The Hall–Kier alpha value is -0.570. The van der Waals surface area contributed by atoms with E-state index in [2.05, 4.69) is 10.2 Å². The zero-order valence-electron chi connectivity index (χ0n) is 12.3. The SMILES string of the molecule is O=C1CNCC2(CC2)CN1C1C2CC3CC(C2)CC1C3. The first-order valence-corrected chi connectivity index (χ1v) is 8.73. The van der Waals surface area contributed by atoms with E-state index in [4.69, 9.17) is 0 Å². The maximum Gasteiger partial charge on any atom is 0.236 e. The van der Waals surface area contributed by atoms with Crippen molar-refractivity contribution in [3.8, 4) is 0 Å². The lowest BCUT2D eigenvalue weighted by atomic mass is 9.54. The van der Waals surface area contributed by atoms with Crippen molar-refractivity contribution in [2.45, 2.75) is 51.0 Å². The minimum Gasteiger partial charge on any atom is -0.337 e. The molecule has 1 spiro atoms. The molecule has 6 rings (SSSR count). The number of amides is 1. The molecule has 6 aliphatic rings. The molecule has 0 aromatic carbocycles. The second kappa shape index (κ2) is 4.00. The molecule has 1 heterocycles. The number of carbonyl (C=O) groups is 1. The molecule has 0 aromatic rings. The number of nitrogens with zero attached hydrogens (tertiary/aromatic N) is 1. The van der Waals surface area contributed by atoms with E-state index in [1.807, 2.05) is 0 Å². The topological polar surface area (TPSA) is 32.3 Å². The Balaban J connectivity index is 1.44. The lowest BCUT2D eigenvalue weighted by Crippen LogP contribution is -2.58. The van der Waals surface area contributed by atoms with Crippen LogP contribution >= 0.6 is 0 Å². The molecule has 110 valence electrons. The molecule has 1 N–H and O–H groups in total. The minimum atomic E-state index is 0.395. The summed E-state index contributed by atoms with van der Waals surface area (Å²) >= 11 is 0. The maximum atomic E-state index is 12.6. The maximum absolute atomic E-state index is 12.6. The number of carbonyl (C=O) groups excluding carboxylic acids is 1. The van der Waals surface area contributed by atoms with E-state index in [1.165, 1.54) is 44.9 Å². The van der Waals surface area contributed by atoms with Gasteiger partial charge in [0.2, 0.25) is 5.91 Å². The molecule has 1 aliphatic heterocycles. The zero-order chi connectivity index (χ0) is 13.3. The molecule has 5 aliphatic carbocycles. The fraction of sp³-hybridized carbons (Fsp3) is 0.941. The fourth-order valence-electron chi connectivity index (χ4n) is 6.23. The lowest BCUT2D eigenvalue weighted by molar-refractivity contribution is -0.142. The van der Waals surface area contributed by atoms with Crippen LogP contribution in [0.5, 0.6) is 0 Å². The van der Waals surface area contributed by atoms with Crippen molar-refractivity contribution in [1.82, 2.24) is 10.2 Å². The van der Waals surface area contributed by atoms with Crippen molar-refractivity contribution in [3.63, 3.8) is 0 Å². The highest BCUT2D eigenvalue weighted by atomic mass is 16.2. The number of hydrogen-bond acceptors (Lipinski definition) is 2. The Kier molecular flexibility index (Phi) is 2.40. The molecule has 1 amide bonds. The van der Waals surface area contributed by atoms with E-state index < -0.39 is 0 Å². The smallest absolute Gasteiger partial charge is 0.236 e. The van der Waals surface area contributed by atoms with Crippen LogP contribution in [0.3, 0.4) is 0 Å². The van der Waals surface area contributed by atoms with E-state index in [9.17, 15) is 4.79 Å². The highest BCUT2D eigenvalue weighted by molar-refractivity contribution is 5.79. The molecule has 3 nitrogen and oxygen atoms in total. The molecule has 20 heavy (non-hydrogen) atoms. The summed E-state index contributed by atoms with van der Waals surface area (Å²) in [6.45, 7) is 2.72. The van der Waals surface area contributed by atoms with Crippen molar-refractivity contribution in [1.29, 1.82) is 0 Å². The van der Waals surface area contributed by atoms with Gasteiger partial charge in [-0.05, 0) is 68.6 Å². The fourth-order valence-corrected chi connectivity index (χ4v) is 6.23. The third-order valence-corrected chi connectivity index (χ3v) is 7.10. The van der Waals surface area contributed by atoms with E-state index in [0.717, 1.165) is 36.8 Å². The predicted molar refractivity (Wildman–Crippen MR) is 77.1 cm³/mol. The average Bonchev–Trinajstić information content (AvgIpc) is 3.17. The summed E-state index contributed by atoms with van der Waals surface area (Å²) in [5, 5.41) is 3.41. The second-order valence-electron chi connectivity index (χ2n) is 8.55. The van der Waals surface area contributed by atoms with Gasteiger partial charge in [-0.3, -0.25) is 4.79 Å². The van der Waals surface area contributed by atoms with E-state index in [0.29, 0.717) is 23.9 Å². The van der Waals surface area contributed by atoms with Crippen LogP contribution < -0.4 is 5.32 Å². The van der Waals surface area contributed by atoms with Gasteiger partial charge < -0.3 is 10.2 Å². The summed E-state index contributed by atoms with van der Waals surface area (Å²) in [6.07, 6.45) is 9.83.